The Labute approximate surface area is 157 Å². The Morgan fingerprint density at radius 1 is 0.852 bits per heavy atom. The molecule has 5 rings (SSSR count). The smallest absolute Gasteiger partial charge is 0.255 e. The van der Waals surface area contributed by atoms with Crippen LogP contribution in [0.5, 0.6) is 0 Å². The molecule has 4 nitrogen and oxygen atoms in total. The monoisotopic (exact) mass is 354 g/mol. The first-order valence-corrected chi connectivity index (χ1v) is 9.13. The molecule has 1 heterocycles. The van der Waals surface area contributed by atoms with Crippen molar-refractivity contribution in [2.45, 2.75) is 19.3 Å². The van der Waals surface area contributed by atoms with Crippen molar-refractivity contribution in [1.29, 1.82) is 0 Å². The average Bonchev–Trinajstić information content (AvgIpc) is 3.05. The number of benzene rings is 3. The maximum absolute atomic E-state index is 12.7. The fourth-order valence-corrected chi connectivity index (χ4v) is 3.95. The van der Waals surface area contributed by atoms with Gasteiger partial charge in [-0.1, -0.05) is 30.3 Å². The number of aryl methyl sites for hydroxylation is 1. The number of carbonyl (C=O) groups excluding carboxylic acids is 2. The molecule has 2 aliphatic rings. The van der Waals surface area contributed by atoms with Crippen molar-refractivity contribution in [3.8, 4) is 11.1 Å². The third-order valence-corrected chi connectivity index (χ3v) is 5.31. The van der Waals surface area contributed by atoms with Crippen LogP contribution in [0.3, 0.4) is 0 Å². The van der Waals surface area contributed by atoms with Crippen LogP contribution in [0.4, 0.5) is 11.4 Å². The van der Waals surface area contributed by atoms with Crippen LogP contribution in [0.15, 0.2) is 60.7 Å². The summed E-state index contributed by atoms with van der Waals surface area (Å²) < 4.78 is 0. The van der Waals surface area contributed by atoms with E-state index in [2.05, 4.69) is 47.0 Å². The molecule has 0 saturated heterocycles. The van der Waals surface area contributed by atoms with Crippen LogP contribution < -0.4 is 10.6 Å². The molecule has 2 amide bonds. The summed E-state index contributed by atoms with van der Waals surface area (Å²) >= 11 is 0. The van der Waals surface area contributed by atoms with Gasteiger partial charge in [-0.3, -0.25) is 9.59 Å². The molecule has 3 aromatic carbocycles. The number of nitrogens with one attached hydrogen (secondary N) is 2. The number of anilines is 2. The molecule has 0 unspecified atom stereocenters. The van der Waals surface area contributed by atoms with Crippen molar-refractivity contribution in [2.24, 2.45) is 0 Å². The summed E-state index contributed by atoms with van der Waals surface area (Å²) in [6.07, 6.45) is 2.02. The topological polar surface area (TPSA) is 58.2 Å². The van der Waals surface area contributed by atoms with E-state index in [1.807, 2.05) is 12.1 Å². The third kappa shape index (κ3) is 2.79. The van der Waals surface area contributed by atoms with E-state index >= 15 is 0 Å². The van der Waals surface area contributed by atoms with Crippen LogP contribution in [-0.4, -0.2) is 11.8 Å². The molecule has 1 aliphatic carbocycles. The van der Waals surface area contributed by atoms with E-state index in [0.717, 1.165) is 23.4 Å². The SMILES string of the molecule is O=C1CCc2cc(C(=O)Nc3ccc4c(c3)Cc3ccccc3-4)ccc2N1. The van der Waals surface area contributed by atoms with Crippen molar-refractivity contribution in [2.75, 3.05) is 10.6 Å². The summed E-state index contributed by atoms with van der Waals surface area (Å²) in [5, 5.41) is 5.85. The average molecular weight is 354 g/mol. The van der Waals surface area contributed by atoms with E-state index in [9.17, 15) is 9.59 Å². The first-order valence-electron chi connectivity index (χ1n) is 9.13. The molecule has 0 spiro atoms. The Kier molecular flexibility index (Phi) is 3.57. The third-order valence-electron chi connectivity index (χ3n) is 5.31. The molecule has 132 valence electrons. The van der Waals surface area contributed by atoms with Crippen molar-refractivity contribution >= 4 is 23.2 Å². The van der Waals surface area contributed by atoms with E-state index < -0.39 is 0 Å². The molecule has 3 aromatic rings. The van der Waals surface area contributed by atoms with E-state index in [4.69, 9.17) is 0 Å². The molecule has 0 bridgehead atoms. The number of rotatable bonds is 2. The van der Waals surface area contributed by atoms with Crippen LogP contribution in [-0.2, 0) is 17.6 Å². The lowest BCUT2D eigenvalue weighted by Crippen LogP contribution is -2.20. The lowest BCUT2D eigenvalue weighted by molar-refractivity contribution is -0.116. The molecule has 27 heavy (non-hydrogen) atoms. The fraction of sp³-hybridized carbons (Fsp3) is 0.130. The van der Waals surface area contributed by atoms with Crippen molar-refractivity contribution in [3.05, 3.63) is 82.9 Å². The number of fused-ring (bicyclic) bond motifs is 4. The largest absolute Gasteiger partial charge is 0.326 e. The molecule has 0 radical (unpaired) electrons. The number of hydrogen-bond acceptors (Lipinski definition) is 2. The van der Waals surface area contributed by atoms with Gasteiger partial charge in [0.1, 0.15) is 0 Å². The lowest BCUT2D eigenvalue weighted by atomic mass is 10.00. The standard InChI is InChI=1S/C23H18N2O2/c26-22-10-6-15-12-16(5-9-21(15)25-22)23(27)24-18-7-8-20-17(13-18)11-14-3-1-2-4-19(14)20/h1-5,7-9,12-13H,6,10-11H2,(H,24,27)(H,25,26). The highest BCUT2D eigenvalue weighted by molar-refractivity contribution is 6.05. The molecule has 0 saturated carbocycles. The van der Waals surface area contributed by atoms with Crippen LogP contribution in [0.2, 0.25) is 0 Å². The van der Waals surface area contributed by atoms with E-state index in [1.54, 1.807) is 12.1 Å². The maximum Gasteiger partial charge on any atom is 0.255 e. The normalized spacial score (nSPS) is 14.0. The van der Waals surface area contributed by atoms with Gasteiger partial charge in [0, 0.05) is 23.4 Å². The molecule has 0 aromatic heterocycles. The molecule has 4 heteroatoms. The Morgan fingerprint density at radius 2 is 1.70 bits per heavy atom. The number of hydrogen-bond donors (Lipinski definition) is 2. The van der Waals surface area contributed by atoms with E-state index in [0.29, 0.717) is 18.4 Å². The zero-order valence-electron chi connectivity index (χ0n) is 14.7. The molecular weight excluding hydrogens is 336 g/mol. The van der Waals surface area contributed by atoms with Crippen molar-refractivity contribution < 1.29 is 9.59 Å². The van der Waals surface area contributed by atoms with Gasteiger partial charge in [-0.15, -0.1) is 0 Å². The van der Waals surface area contributed by atoms with Gasteiger partial charge in [-0.25, -0.2) is 0 Å². The Balaban J connectivity index is 1.38. The minimum Gasteiger partial charge on any atom is -0.326 e. The number of amides is 2. The summed E-state index contributed by atoms with van der Waals surface area (Å²) in [5.74, 6) is -0.107. The van der Waals surface area contributed by atoms with Gasteiger partial charge in [0.05, 0.1) is 0 Å². The highest BCUT2D eigenvalue weighted by Crippen LogP contribution is 2.37. The Morgan fingerprint density at radius 3 is 2.63 bits per heavy atom. The summed E-state index contributed by atoms with van der Waals surface area (Å²) in [7, 11) is 0. The first kappa shape index (κ1) is 15.8. The predicted octanol–water partition coefficient (Wildman–Crippen LogP) is 4.39. The van der Waals surface area contributed by atoms with Gasteiger partial charge in [-0.05, 0) is 71.0 Å². The highest BCUT2D eigenvalue weighted by Gasteiger charge is 2.19. The predicted molar refractivity (Wildman–Crippen MR) is 106 cm³/mol. The second kappa shape index (κ2) is 6.09. The van der Waals surface area contributed by atoms with Gasteiger partial charge in [0.2, 0.25) is 5.91 Å². The molecule has 1 aliphatic heterocycles. The summed E-state index contributed by atoms with van der Waals surface area (Å²) in [5.41, 5.74) is 8.31. The molecular formula is C23H18N2O2. The Bertz CT molecular complexity index is 1100. The zero-order chi connectivity index (χ0) is 18.4. The van der Waals surface area contributed by atoms with Crippen LogP contribution in [0.1, 0.15) is 33.5 Å². The van der Waals surface area contributed by atoms with E-state index in [-0.39, 0.29) is 11.8 Å². The molecule has 2 N–H and O–H groups in total. The second-order valence-corrected chi connectivity index (χ2v) is 7.08. The first-order chi connectivity index (χ1) is 13.2. The van der Waals surface area contributed by atoms with Gasteiger partial charge in [0.15, 0.2) is 0 Å². The van der Waals surface area contributed by atoms with Crippen molar-refractivity contribution in [3.63, 3.8) is 0 Å². The van der Waals surface area contributed by atoms with Gasteiger partial charge >= 0.3 is 0 Å². The van der Waals surface area contributed by atoms with E-state index in [1.165, 1.54) is 22.3 Å². The Hall–Kier alpha value is -3.40. The van der Waals surface area contributed by atoms with Crippen LogP contribution >= 0.6 is 0 Å². The zero-order valence-corrected chi connectivity index (χ0v) is 14.7. The summed E-state index contributed by atoms with van der Waals surface area (Å²) in [6, 6.07) is 19.9. The van der Waals surface area contributed by atoms with Crippen LogP contribution in [0, 0.1) is 0 Å². The lowest BCUT2D eigenvalue weighted by Gasteiger charge is -2.17. The van der Waals surface area contributed by atoms with Gasteiger partial charge in [-0.2, -0.15) is 0 Å². The minimum atomic E-state index is -0.134. The maximum atomic E-state index is 12.7. The quantitative estimate of drug-likeness (QED) is 0.561. The number of carbonyl (C=O) groups is 2. The van der Waals surface area contributed by atoms with Gasteiger partial charge in [0.25, 0.3) is 5.91 Å². The minimum absolute atomic E-state index is 0.0267. The highest BCUT2D eigenvalue weighted by atomic mass is 16.2. The van der Waals surface area contributed by atoms with Crippen LogP contribution in [0.25, 0.3) is 11.1 Å². The molecule has 0 fully saturated rings. The van der Waals surface area contributed by atoms with Gasteiger partial charge < -0.3 is 10.6 Å². The van der Waals surface area contributed by atoms with Crippen molar-refractivity contribution in [1.82, 2.24) is 0 Å². The molecule has 0 atom stereocenters. The summed E-state index contributed by atoms with van der Waals surface area (Å²) in [6.45, 7) is 0. The second-order valence-electron chi connectivity index (χ2n) is 7.08. The fourth-order valence-electron chi connectivity index (χ4n) is 3.95. The summed E-state index contributed by atoms with van der Waals surface area (Å²) in [4.78, 5) is 24.2.